The predicted molar refractivity (Wildman–Crippen MR) is 81.4 cm³/mol. The largest absolute Gasteiger partial charge is 0.478 e. The van der Waals surface area contributed by atoms with Gasteiger partial charge in [0.2, 0.25) is 0 Å². The molecule has 3 rings (SSSR count). The molecule has 0 amide bonds. The van der Waals surface area contributed by atoms with E-state index in [1.165, 1.54) is 11.3 Å². The molecule has 0 atom stereocenters. The summed E-state index contributed by atoms with van der Waals surface area (Å²) in [7, 11) is 0. The molecule has 2 aromatic heterocycles. The molecule has 0 saturated carbocycles. The molecule has 4 nitrogen and oxygen atoms in total. The quantitative estimate of drug-likeness (QED) is 0.743. The van der Waals surface area contributed by atoms with Crippen LogP contribution in [0.2, 0.25) is 0 Å². The van der Waals surface area contributed by atoms with Crippen LogP contribution in [-0.2, 0) is 0 Å². The number of aromatic nitrogens is 2. The fourth-order valence-corrected chi connectivity index (χ4v) is 3.19. The lowest BCUT2D eigenvalue weighted by atomic mass is 10.2. The Morgan fingerprint density at radius 1 is 1.50 bits per heavy atom. The Balaban J connectivity index is 2.23. The van der Waals surface area contributed by atoms with Crippen LogP contribution in [0.3, 0.4) is 0 Å². The Bertz CT molecular complexity index is 871. The number of hydrogen-bond donors (Lipinski definition) is 1. The van der Waals surface area contributed by atoms with Crippen molar-refractivity contribution in [2.75, 3.05) is 0 Å². The summed E-state index contributed by atoms with van der Waals surface area (Å²) in [6.07, 6.45) is 5.69. The van der Waals surface area contributed by atoms with Crippen molar-refractivity contribution in [3.8, 4) is 0 Å². The maximum Gasteiger partial charge on any atom is 0.335 e. The Morgan fingerprint density at radius 2 is 2.30 bits per heavy atom. The Morgan fingerprint density at radius 3 is 2.95 bits per heavy atom. The van der Waals surface area contributed by atoms with Crippen LogP contribution in [0.1, 0.15) is 23.0 Å². The lowest BCUT2D eigenvalue weighted by Gasteiger charge is -1.96. The second kappa shape index (κ2) is 4.61. The van der Waals surface area contributed by atoms with Crippen LogP contribution in [0.25, 0.3) is 20.8 Å². The maximum atomic E-state index is 11.0. The van der Waals surface area contributed by atoms with Crippen LogP contribution in [0.5, 0.6) is 0 Å². The molecule has 0 saturated heterocycles. The monoisotopic (exact) mass is 284 g/mol. The Kier molecular flexibility index (Phi) is 2.91. The highest BCUT2D eigenvalue weighted by Gasteiger charge is 2.12. The number of fused-ring (bicyclic) bond motifs is 3. The third-order valence-corrected chi connectivity index (χ3v) is 4.19. The smallest absolute Gasteiger partial charge is 0.335 e. The Hall–Kier alpha value is -2.40. The molecule has 3 aromatic rings. The Labute approximate surface area is 119 Å². The molecular weight excluding hydrogens is 272 g/mol. The number of aromatic carboxylic acids is 1. The average molecular weight is 284 g/mol. The van der Waals surface area contributed by atoms with Gasteiger partial charge in [-0.2, -0.15) is 0 Å². The molecule has 0 aliphatic heterocycles. The van der Waals surface area contributed by atoms with Crippen LogP contribution >= 0.6 is 11.3 Å². The first-order chi connectivity index (χ1) is 9.63. The minimum Gasteiger partial charge on any atom is -0.478 e. The summed E-state index contributed by atoms with van der Waals surface area (Å²) in [5, 5.41) is 9.01. The van der Waals surface area contributed by atoms with Crippen molar-refractivity contribution in [2.45, 2.75) is 6.92 Å². The van der Waals surface area contributed by atoms with E-state index in [-0.39, 0.29) is 0 Å². The van der Waals surface area contributed by atoms with Gasteiger partial charge < -0.3 is 5.11 Å². The summed E-state index contributed by atoms with van der Waals surface area (Å²) in [5.74, 6) is -0.915. The zero-order chi connectivity index (χ0) is 14.3. The molecule has 1 aromatic carbocycles. The average Bonchev–Trinajstić information content (AvgIpc) is 2.96. The predicted octanol–water partition coefficient (Wildman–Crippen LogP) is 3.84. The zero-order valence-corrected chi connectivity index (χ0v) is 11.6. The second-order valence-corrected chi connectivity index (χ2v) is 5.33. The van der Waals surface area contributed by atoms with Gasteiger partial charge in [-0.3, -0.25) is 4.40 Å². The number of carboxylic acids is 1. The summed E-state index contributed by atoms with van der Waals surface area (Å²) in [6, 6.07) is 5.11. The minimum atomic E-state index is -0.915. The molecule has 0 aliphatic carbocycles. The number of thiazole rings is 1. The summed E-state index contributed by atoms with van der Waals surface area (Å²) < 4.78 is 2.90. The van der Waals surface area contributed by atoms with Crippen LogP contribution in [0.4, 0.5) is 0 Å². The highest BCUT2D eigenvalue weighted by Crippen LogP contribution is 2.29. The van der Waals surface area contributed by atoms with Crippen molar-refractivity contribution in [3.05, 3.63) is 54.4 Å². The molecule has 0 fully saturated rings. The summed E-state index contributed by atoms with van der Waals surface area (Å²) in [4.78, 5) is 16.4. The van der Waals surface area contributed by atoms with E-state index in [0.29, 0.717) is 5.56 Å². The van der Waals surface area contributed by atoms with Crippen molar-refractivity contribution < 1.29 is 9.90 Å². The van der Waals surface area contributed by atoms with Gasteiger partial charge in [0.25, 0.3) is 0 Å². The number of benzene rings is 1. The van der Waals surface area contributed by atoms with Crippen molar-refractivity contribution in [1.82, 2.24) is 9.38 Å². The highest BCUT2D eigenvalue weighted by atomic mass is 32.1. The minimum absolute atomic E-state index is 0.294. The SMILES string of the molecule is C=C/C(=C\C)c1cn2c(n1)sc1cc(C(=O)O)ccc12. The molecular formula is C15H12N2O2S. The van der Waals surface area contributed by atoms with E-state index < -0.39 is 5.97 Å². The van der Waals surface area contributed by atoms with Gasteiger partial charge >= 0.3 is 5.97 Å². The molecule has 0 aliphatic rings. The van der Waals surface area contributed by atoms with Gasteiger partial charge in [-0.05, 0) is 30.7 Å². The normalized spacial score (nSPS) is 12.2. The summed E-state index contributed by atoms with van der Waals surface area (Å²) in [6.45, 7) is 5.72. The lowest BCUT2D eigenvalue weighted by molar-refractivity contribution is 0.0697. The molecule has 5 heteroatoms. The van der Waals surface area contributed by atoms with Crippen LogP contribution < -0.4 is 0 Å². The number of allylic oxidation sites excluding steroid dienone is 3. The van der Waals surface area contributed by atoms with Crippen molar-refractivity contribution >= 4 is 38.1 Å². The molecule has 0 bridgehead atoms. The first-order valence-corrected chi connectivity index (χ1v) is 6.89. The molecule has 2 heterocycles. The fraction of sp³-hybridized carbons (Fsp3) is 0.0667. The van der Waals surface area contributed by atoms with Crippen LogP contribution in [0, 0.1) is 0 Å². The standard InChI is InChI=1S/C15H12N2O2S/c1-3-9(4-2)11-8-17-12-6-5-10(14(18)19)7-13(12)20-15(17)16-11/h3-8H,1H2,2H3,(H,18,19)/b9-4+. The number of rotatable bonds is 3. The van der Waals surface area contributed by atoms with Gasteiger partial charge in [-0.1, -0.05) is 30.1 Å². The number of carbonyl (C=O) groups is 1. The summed E-state index contributed by atoms with van der Waals surface area (Å²) >= 11 is 1.48. The van der Waals surface area contributed by atoms with Gasteiger partial charge in [0.05, 0.1) is 21.5 Å². The lowest BCUT2D eigenvalue weighted by Crippen LogP contribution is -1.94. The van der Waals surface area contributed by atoms with E-state index in [1.807, 2.05) is 29.7 Å². The highest BCUT2D eigenvalue weighted by molar-refractivity contribution is 7.23. The fourth-order valence-electron chi connectivity index (χ4n) is 2.14. The van der Waals surface area contributed by atoms with Gasteiger partial charge in [-0.25, -0.2) is 9.78 Å². The van der Waals surface area contributed by atoms with Crippen LogP contribution in [0.15, 0.2) is 43.1 Å². The third-order valence-electron chi connectivity index (χ3n) is 3.17. The van der Waals surface area contributed by atoms with E-state index in [1.54, 1.807) is 18.2 Å². The van der Waals surface area contributed by atoms with Gasteiger partial charge in [0.1, 0.15) is 0 Å². The van der Waals surface area contributed by atoms with E-state index >= 15 is 0 Å². The molecule has 20 heavy (non-hydrogen) atoms. The number of nitrogens with zero attached hydrogens (tertiary/aromatic N) is 2. The molecule has 0 radical (unpaired) electrons. The van der Waals surface area contributed by atoms with Crippen molar-refractivity contribution in [1.29, 1.82) is 0 Å². The van der Waals surface area contributed by atoms with E-state index in [2.05, 4.69) is 11.6 Å². The van der Waals surface area contributed by atoms with Gasteiger partial charge in [0, 0.05) is 6.20 Å². The topological polar surface area (TPSA) is 54.6 Å². The summed E-state index contributed by atoms with van der Waals surface area (Å²) in [5.41, 5.74) is 3.12. The van der Waals surface area contributed by atoms with E-state index in [4.69, 9.17) is 5.11 Å². The molecule has 0 unspecified atom stereocenters. The molecule has 100 valence electrons. The number of imidazole rings is 1. The first kappa shape index (κ1) is 12.6. The van der Waals surface area contributed by atoms with Crippen molar-refractivity contribution in [2.24, 2.45) is 0 Å². The van der Waals surface area contributed by atoms with E-state index in [0.717, 1.165) is 26.4 Å². The second-order valence-electron chi connectivity index (χ2n) is 4.32. The third kappa shape index (κ3) is 1.83. The number of hydrogen-bond acceptors (Lipinski definition) is 3. The maximum absolute atomic E-state index is 11.0. The zero-order valence-electron chi connectivity index (χ0n) is 10.8. The first-order valence-electron chi connectivity index (χ1n) is 6.08. The van der Waals surface area contributed by atoms with Gasteiger partial charge in [0.15, 0.2) is 4.96 Å². The molecule has 1 N–H and O–H groups in total. The van der Waals surface area contributed by atoms with Crippen LogP contribution in [-0.4, -0.2) is 20.5 Å². The molecule has 0 spiro atoms. The van der Waals surface area contributed by atoms with E-state index in [9.17, 15) is 4.79 Å². The van der Waals surface area contributed by atoms with Crippen molar-refractivity contribution in [3.63, 3.8) is 0 Å². The van der Waals surface area contributed by atoms with Gasteiger partial charge in [-0.15, -0.1) is 0 Å². The number of carboxylic acid groups (broad SMARTS) is 1.